The highest BCUT2D eigenvalue weighted by atomic mass is 35.5. The number of carbonyl (C=O) groups excluding carboxylic acids is 1. The maximum Gasteiger partial charge on any atom is 0.250 e. The summed E-state index contributed by atoms with van der Waals surface area (Å²) in [6, 6.07) is 7.07. The third-order valence-electron chi connectivity index (χ3n) is 5.49. The molecule has 0 bridgehead atoms. The van der Waals surface area contributed by atoms with Gasteiger partial charge in [0.25, 0.3) is 0 Å². The van der Waals surface area contributed by atoms with Crippen LogP contribution in [-0.4, -0.2) is 54.1 Å². The lowest BCUT2D eigenvalue weighted by Crippen LogP contribution is -2.58. The quantitative estimate of drug-likeness (QED) is 0.657. The average molecular weight is 455 g/mol. The van der Waals surface area contributed by atoms with Crippen LogP contribution in [0.3, 0.4) is 0 Å². The first kappa shape index (κ1) is 21.8. The lowest BCUT2D eigenvalue weighted by atomic mass is 9.89. The van der Waals surface area contributed by atoms with Crippen molar-refractivity contribution < 1.29 is 33.3 Å². The third kappa shape index (κ3) is 4.45. The van der Waals surface area contributed by atoms with E-state index in [-0.39, 0.29) is 55.9 Å². The van der Waals surface area contributed by atoms with Crippen LogP contribution in [0.2, 0.25) is 5.02 Å². The number of piperidine rings is 1. The summed E-state index contributed by atoms with van der Waals surface area (Å²) >= 11 is 5.67. The summed E-state index contributed by atoms with van der Waals surface area (Å²) < 4.78 is 39.6. The van der Waals surface area contributed by atoms with Gasteiger partial charge in [0.05, 0.1) is 12.3 Å². The highest BCUT2D eigenvalue weighted by molar-refractivity contribution is 6.30. The van der Waals surface area contributed by atoms with Crippen molar-refractivity contribution in [3.05, 3.63) is 52.6 Å². The number of rotatable bonds is 4. The molecule has 0 unspecified atom stereocenters. The number of anilines is 2. The summed E-state index contributed by atoms with van der Waals surface area (Å²) in [5.74, 6) is -1.56. The average Bonchev–Trinajstić information content (AvgIpc) is 2.89. The van der Waals surface area contributed by atoms with Gasteiger partial charge in [-0.1, -0.05) is 17.7 Å². The van der Waals surface area contributed by atoms with Gasteiger partial charge in [0.1, 0.15) is 36.4 Å². The Labute approximate surface area is 182 Å². The fourth-order valence-electron chi connectivity index (χ4n) is 3.77. The second kappa shape index (κ2) is 8.58. The standard InChI is InChI=1S/C21H21ClF2N2O5/c22-12-6-14(23)20(15(24)7-12)26-5-4-21(29,18(27)8-26)11-31-17-3-1-2-16-13(17)9-30-10-19(28)25-16/h1-3,6-7,18,27,29H,4-5,8-11H2,(H,25,28)/t18-,21-/m1/s1. The number of hydrogen-bond acceptors (Lipinski definition) is 6. The smallest absolute Gasteiger partial charge is 0.250 e. The zero-order valence-electron chi connectivity index (χ0n) is 16.4. The van der Waals surface area contributed by atoms with Gasteiger partial charge in [0.2, 0.25) is 5.91 Å². The second-order valence-electron chi connectivity index (χ2n) is 7.65. The van der Waals surface area contributed by atoms with Crippen molar-refractivity contribution in [3.8, 4) is 5.75 Å². The molecule has 2 aliphatic heterocycles. The summed E-state index contributed by atoms with van der Waals surface area (Å²) in [4.78, 5) is 13.0. The Hall–Kier alpha value is -2.46. The van der Waals surface area contributed by atoms with E-state index in [0.717, 1.165) is 12.1 Å². The number of amides is 1. The number of ether oxygens (including phenoxy) is 2. The monoisotopic (exact) mass is 454 g/mol. The van der Waals surface area contributed by atoms with Crippen LogP contribution in [0, 0.1) is 11.6 Å². The Balaban J connectivity index is 1.47. The van der Waals surface area contributed by atoms with Crippen molar-refractivity contribution in [3.63, 3.8) is 0 Å². The molecule has 2 heterocycles. The molecule has 0 aromatic heterocycles. The third-order valence-corrected chi connectivity index (χ3v) is 5.71. The van der Waals surface area contributed by atoms with Gasteiger partial charge in [0.15, 0.2) is 11.6 Å². The van der Waals surface area contributed by atoms with Crippen LogP contribution >= 0.6 is 11.6 Å². The zero-order chi connectivity index (χ0) is 22.2. The van der Waals surface area contributed by atoms with Gasteiger partial charge >= 0.3 is 0 Å². The van der Waals surface area contributed by atoms with Gasteiger partial charge in [-0.05, 0) is 30.7 Å². The molecule has 31 heavy (non-hydrogen) atoms. The highest BCUT2D eigenvalue weighted by Crippen LogP contribution is 2.34. The van der Waals surface area contributed by atoms with Gasteiger partial charge < -0.3 is 29.9 Å². The second-order valence-corrected chi connectivity index (χ2v) is 8.08. The Morgan fingerprint density at radius 2 is 2.03 bits per heavy atom. The van der Waals surface area contributed by atoms with Crippen molar-refractivity contribution in [2.24, 2.45) is 0 Å². The molecule has 4 rings (SSSR count). The number of aliphatic hydroxyl groups is 2. The first-order valence-corrected chi connectivity index (χ1v) is 10.1. The van der Waals surface area contributed by atoms with Crippen LogP contribution < -0.4 is 15.0 Å². The van der Waals surface area contributed by atoms with E-state index in [0.29, 0.717) is 17.0 Å². The molecule has 0 aliphatic carbocycles. The summed E-state index contributed by atoms with van der Waals surface area (Å²) in [7, 11) is 0. The van der Waals surface area contributed by atoms with Crippen LogP contribution in [0.5, 0.6) is 5.75 Å². The molecule has 7 nitrogen and oxygen atoms in total. The summed E-state index contributed by atoms with van der Waals surface area (Å²) in [6.07, 6.45) is -1.31. The number of halogens is 3. The number of β-amino-alcohol motifs (C(OH)–C–C–N with tert-alkyl or cyclic N) is 1. The number of hydrogen-bond donors (Lipinski definition) is 3. The van der Waals surface area contributed by atoms with Crippen LogP contribution in [0.4, 0.5) is 20.2 Å². The van der Waals surface area contributed by atoms with Crippen LogP contribution in [0.1, 0.15) is 12.0 Å². The Morgan fingerprint density at radius 1 is 1.29 bits per heavy atom. The molecule has 2 aliphatic rings. The van der Waals surface area contributed by atoms with E-state index in [1.54, 1.807) is 18.2 Å². The maximum atomic E-state index is 14.2. The molecule has 166 valence electrons. The normalized spacial score (nSPS) is 23.7. The van der Waals surface area contributed by atoms with Gasteiger partial charge in [0, 0.05) is 23.7 Å². The largest absolute Gasteiger partial charge is 0.490 e. The predicted octanol–water partition coefficient (Wildman–Crippen LogP) is 2.47. The lowest BCUT2D eigenvalue weighted by Gasteiger charge is -2.42. The molecule has 3 N–H and O–H groups in total. The van der Waals surface area contributed by atoms with E-state index in [9.17, 15) is 23.8 Å². The van der Waals surface area contributed by atoms with E-state index in [1.165, 1.54) is 4.90 Å². The first-order chi connectivity index (χ1) is 14.8. The Kier molecular flexibility index (Phi) is 6.02. The van der Waals surface area contributed by atoms with Crippen molar-refractivity contribution >= 4 is 28.9 Å². The molecule has 2 aromatic carbocycles. The molecule has 2 aromatic rings. The minimum atomic E-state index is -1.63. The van der Waals surface area contributed by atoms with Gasteiger partial charge in [-0.15, -0.1) is 0 Å². The van der Waals surface area contributed by atoms with Crippen molar-refractivity contribution in [1.29, 1.82) is 0 Å². The Bertz CT molecular complexity index is 985. The van der Waals surface area contributed by atoms with E-state index < -0.39 is 23.3 Å². The predicted molar refractivity (Wildman–Crippen MR) is 109 cm³/mol. The van der Waals surface area contributed by atoms with Gasteiger partial charge in [-0.25, -0.2) is 8.78 Å². The summed E-state index contributed by atoms with van der Waals surface area (Å²) in [5, 5.41) is 24.2. The topological polar surface area (TPSA) is 91.3 Å². The Morgan fingerprint density at radius 3 is 2.74 bits per heavy atom. The fraction of sp³-hybridized carbons (Fsp3) is 0.381. The minimum absolute atomic E-state index is 0.0118. The molecule has 10 heteroatoms. The summed E-state index contributed by atoms with van der Waals surface area (Å²) in [6.45, 7) is -0.281. The highest BCUT2D eigenvalue weighted by Gasteiger charge is 2.42. The first-order valence-electron chi connectivity index (χ1n) is 9.69. The van der Waals surface area contributed by atoms with E-state index in [2.05, 4.69) is 5.32 Å². The number of aliphatic hydroxyl groups excluding tert-OH is 1. The SMILES string of the molecule is O=C1COCc2c(cccc2OC[C@]2(O)CCN(c3c(F)cc(Cl)cc3F)C[C@H]2O)N1. The molecule has 0 saturated carbocycles. The fourth-order valence-corrected chi connectivity index (χ4v) is 3.97. The van der Waals surface area contributed by atoms with Crippen molar-refractivity contribution in [2.75, 3.05) is 36.5 Å². The molecule has 0 spiro atoms. The van der Waals surface area contributed by atoms with Crippen molar-refractivity contribution in [2.45, 2.75) is 24.7 Å². The molecule has 1 fully saturated rings. The summed E-state index contributed by atoms with van der Waals surface area (Å²) in [5.41, 5.74) is -0.758. The van der Waals surface area contributed by atoms with Crippen LogP contribution in [0.15, 0.2) is 30.3 Å². The number of benzene rings is 2. The van der Waals surface area contributed by atoms with E-state index >= 15 is 0 Å². The molecule has 0 radical (unpaired) electrons. The van der Waals surface area contributed by atoms with Crippen LogP contribution in [-0.2, 0) is 16.1 Å². The zero-order valence-corrected chi connectivity index (χ0v) is 17.2. The number of fused-ring (bicyclic) bond motifs is 1. The molecule has 2 atom stereocenters. The number of nitrogens with zero attached hydrogens (tertiary/aromatic N) is 1. The van der Waals surface area contributed by atoms with Gasteiger partial charge in [-0.3, -0.25) is 4.79 Å². The molecular formula is C21H21ClF2N2O5. The van der Waals surface area contributed by atoms with E-state index in [4.69, 9.17) is 21.1 Å². The molecular weight excluding hydrogens is 434 g/mol. The van der Waals surface area contributed by atoms with Crippen molar-refractivity contribution in [1.82, 2.24) is 0 Å². The number of carbonyl (C=O) groups is 1. The lowest BCUT2D eigenvalue weighted by molar-refractivity contribution is -0.120. The minimum Gasteiger partial charge on any atom is -0.490 e. The maximum absolute atomic E-state index is 14.2. The number of nitrogens with one attached hydrogen (secondary N) is 1. The van der Waals surface area contributed by atoms with Crippen LogP contribution in [0.25, 0.3) is 0 Å². The molecule has 1 saturated heterocycles. The van der Waals surface area contributed by atoms with E-state index in [1.807, 2.05) is 0 Å². The molecule has 1 amide bonds. The van der Waals surface area contributed by atoms with Gasteiger partial charge in [-0.2, -0.15) is 0 Å².